The van der Waals surface area contributed by atoms with Gasteiger partial charge in [-0.05, 0) is 45.7 Å². The molecule has 3 heterocycles. The van der Waals surface area contributed by atoms with Crippen molar-refractivity contribution < 1.29 is 14.1 Å². The van der Waals surface area contributed by atoms with E-state index in [1.807, 2.05) is 37.8 Å². The van der Waals surface area contributed by atoms with E-state index in [4.69, 9.17) is 9.26 Å². The first-order valence-electron chi connectivity index (χ1n) is 9.00. The van der Waals surface area contributed by atoms with Gasteiger partial charge in [0.2, 0.25) is 0 Å². The lowest BCUT2D eigenvalue weighted by molar-refractivity contribution is 0.0144. The number of aromatic nitrogens is 2. The fraction of sp³-hybridized carbons (Fsp3) is 0.526. The maximum Gasteiger partial charge on any atom is 0.256 e. The van der Waals surface area contributed by atoms with Crippen LogP contribution in [0.2, 0.25) is 0 Å². The lowest BCUT2D eigenvalue weighted by Gasteiger charge is -2.32. The van der Waals surface area contributed by atoms with Gasteiger partial charge in [-0.2, -0.15) is 0 Å². The molecule has 7 heteroatoms. The molecule has 1 amide bonds. The summed E-state index contributed by atoms with van der Waals surface area (Å²) in [5.41, 5.74) is 2.62. The maximum atomic E-state index is 13.0. The Balaban J connectivity index is 1.68. The molecule has 0 aliphatic carbocycles. The molecule has 2 aromatic heterocycles. The van der Waals surface area contributed by atoms with Crippen LogP contribution < -0.4 is 0 Å². The Morgan fingerprint density at radius 3 is 2.81 bits per heavy atom. The number of likely N-dealkylation sites (tertiary alicyclic amines) is 1. The number of carbonyl (C=O) groups is 1. The standard InChI is InChI=1S/C19H25N3O3S/c1-4-24-15-7-10-22(11-8-15)19(23)16-6-5-9-20-18(16)26-12-17-13(2)21-25-14(17)3/h5-6,9,15H,4,7-8,10-12H2,1-3H3. The Morgan fingerprint density at radius 2 is 2.15 bits per heavy atom. The summed E-state index contributed by atoms with van der Waals surface area (Å²) in [7, 11) is 0. The van der Waals surface area contributed by atoms with E-state index in [1.54, 1.807) is 18.0 Å². The molecule has 0 aromatic carbocycles. The summed E-state index contributed by atoms with van der Waals surface area (Å²) in [5, 5.41) is 4.74. The third-order valence-corrected chi connectivity index (χ3v) is 5.70. The summed E-state index contributed by atoms with van der Waals surface area (Å²) in [6.07, 6.45) is 3.78. The molecule has 0 radical (unpaired) electrons. The molecule has 1 aliphatic rings. The number of carbonyl (C=O) groups excluding carboxylic acids is 1. The molecule has 0 spiro atoms. The SMILES string of the molecule is CCOC1CCN(C(=O)c2cccnc2SCc2c(C)noc2C)CC1. The van der Waals surface area contributed by atoms with E-state index in [2.05, 4.69) is 10.1 Å². The number of rotatable bonds is 6. The van der Waals surface area contributed by atoms with Gasteiger partial charge < -0.3 is 14.2 Å². The van der Waals surface area contributed by atoms with Crippen LogP contribution in [0.15, 0.2) is 27.9 Å². The number of ether oxygens (including phenoxy) is 1. The Bertz CT molecular complexity index is 735. The quantitative estimate of drug-likeness (QED) is 0.718. The highest BCUT2D eigenvalue weighted by molar-refractivity contribution is 7.98. The van der Waals surface area contributed by atoms with Crippen LogP contribution >= 0.6 is 11.8 Å². The molecule has 140 valence electrons. The zero-order chi connectivity index (χ0) is 18.5. The monoisotopic (exact) mass is 375 g/mol. The van der Waals surface area contributed by atoms with Gasteiger partial charge in [0.25, 0.3) is 5.91 Å². The van der Waals surface area contributed by atoms with Crippen LogP contribution in [-0.2, 0) is 10.5 Å². The van der Waals surface area contributed by atoms with Crippen molar-refractivity contribution in [3.63, 3.8) is 0 Å². The van der Waals surface area contributed by atoms with Gasteiger partial charge in [0.15, 0.2) is 0 Å². The highest BCUT2D eigenvalue weighted by Crippen LogP contribution is 2.28. The second-order valence-corrected chi connectivity index (χ2v) is 7.36. The summed E-state index contributed by atoms with van der Waals surface area (Å²) in [6.45, 7) is 8.03. The maximum absolute atomic E-state index is 13.0. The van der Waals surface area contributed by atoms with Gasteiger partial charge in [0.05, 0.1) is 17.4 Å². The smallest absolute Gasteiger partial charge is 0.256 e. The van der Waals surface area contributed by atoms with E-state index in [1.165, 1.54) is 0 Å². The highest BCUT2D eigenvalue weighted by Gasteiger charge is 2.25. The Kier molecular flexibility index (Phi) is 6.32. The second-order valence-electron chi connectivity index (χ2n) is 6.39. The van der Waals surface area contributed by atoms with E-state index < -0.39 is 0 Å². The van der Waals surface area contributed by atoms with Crippen LogP contribution in [0, 0.1) is 13.8 Å². The summed E-state index contributed by atoms with van der Waals surface area (Å²) in [5.74, 6) is 1.55. The molecule has 1 fully saturated rings. The molecular weight excluding hydrogens is 350 g/mol. The minimum Gasteiger partial charge on any atom is -0.378 e. The number of amides is 1. The first-order chi connectivity index (χ1) is 12.6. The molecule has 0 N–H and O–H groups in total. The number of hydrogen-bond acceptors (Lipinski definition) is 6. The molecule has 6 nitrogen and oxygen atoms in total. The highest BCUT2D eigenvalue weighted by atomic mass is 32.2. The van der Waals surface area contributed by atoms with Gasteiger partial charge >= 0.3 is 0 Å². The molecule has 0 saturated carbocycles. The zero-order valence-electron chi connectivity index (χ0n) is 15.5. The zero-order valence-corrected chi connectivity index (χ0v) is 16.3. The number of aryl methyl sites for hydroxylation is 2. The molecule has 3 rings (SSSR count). The van der Waals surface area contributed by atoms with Crippen molar-refractivity contribution in [3.8, 4) is 0 Å². The van der Waals surface area contributed by atoms with Crippen molar-refractivity contribution in [3.05, 3.63) is 40.9 Å². The molecule has 0 bridgehead atoms. The van der Waals surface area contributed by atoms with E-state index >= 15 is 0 Å². The normalized spacial score (nSPS) is 15.4. The van der Waals surface area contributed by atoms with Crippen LogP contribution in [-0.4, -0.2) is 46.7 Å². The van der Waals surface area contributed by atoms with Crippen molar-refractivity contribution in [1.29, 1.82) is 0 Å². The molecule has 2 aromatic rings. The molecule has 1 saturated heterocycles. The predicted molar refractivity (Wildman–Crippen MR) is 100 cm³/mol. The predicted octanol–water partition coefficient (Wildman–Crippen LogP) is 3.62. The van der Waals surface area contributed by atoms with Crippen LogP contribution in [0.25, 0.3) is 0 Å². The Morgan fingerprint density at radius 1 is 1.38 bits per heavy atom. The minimum atomic E-state index is 0.0503. The van der Waals surface area contributed by atoms with E-state index in [0.717, 1.165) is 54.6 Å². The van der Waals surface area contributed by atoms with E-state index in [9.17, 15) is 4.79 Å². The molecule has 0 atom stereocenters. The molecule has 0 unspecified atom stereocenters. The fourth-order valence-electron chi connectivity index (χ4n) is 3.15. The van der Waals surface area contributed by atoms with Gasteiger partial charge in [0, 0.05) is 37.2 Å². The topological polar surface area (TPSA) is 68.5 Å². The summed E-state index contributed by atoms with van der Waals surface area (Å²) < 4.78 is 10.9. The Labute approximate surface area is 158 Å². The van der Waals surface area contributed by atoms with Crippen molar-refractivity contribution >= 4 is 17.7 Å². The van der Waals surface area contributed by atoms with Crippen molar-refractivity contribution in [2.75, 3.05) is 19.7 Å². The third kappa shape index (κ3) is 4.27. The average molecular weight is 375 g/mol. The van der Waals surface area contributed by atoms with Gasteiger partial charge in [-0.1, -0.05) is 5.16 Å². The van der Waals surface area contributed by atoms with Crippen LogP contribution in [0.3, 0.4) is 0 Å². The molecular formula is C19H25N3O3S. The number of piperidine rings is 1. The second kappa shape index (κ2) is 8.68. The lowest BCUT2D eigenvalue weighted by Crippen LogP contribution is -2.41. The van der Waals surface area contributed by atoms with E-state index in [-0.39, 0.29) is 12.0 Å². The van der Waals surface area contributed by atoms with Crippen molar-refractivity contribution in [2.45, 2.75) is 50.5 Å². The largest absolute Gasteiger partial charge is 0.378 e. The summed E-state index contributed by atoms with van der Waals surface area (Å²) >= 11 is 1.55. The van der Waals surface area contributed by atoms with Crippen LogP contribution in [0.5, 0.6) is 0 Å². The molecule has 1 aliphatic heterocycles. The average Bonchev–Trinajstić information content (AvgIpc) is 2.98. The van der Waals surface area contributed by atoms with E-state index in [0.29, 0.717) is 11.3 Å². The molecule has 26 heavy (non-hydrogen) atoms. The third-order valence-electron chi connectivity index (χ3n) is 4.67. The summed E-state index contributed by atoms with van der Waals surface area (Å²) in [6, 6.07) is 3.68. The first kappa shape index (κ1) is 18.9. The van der Waals surface area contributed by atoms with Gasteiger partial charge in [-0.15, -0.1) is 11.8 Å². The van der Waals surface area contributed by atoms with Crippen molar-refractivity contribution in [1.82, 2.24) is 15.0 Å². The van der Waals surface area contributed by atoms with Crippen molar-refractivity contribution in [2.24, 2.45) is 0 Å². The summed E-state index contributed by atoms with van der Waals surface area (Å²) in [4.78, 5) is 19.3. The number of pyridine rings is 1. The number of hydrogen-bond donors (Lipinski definition) is 0. The van der Waals surface area contributed by atoms with Crippen LogP contribution in [0.4, 0.5) is 0 Å². The fourth-order valence-corrected chi connectivity index (χ4v) is 4.29. The van der Waals surface area contributed by atoms with Gasteiger partial charge in [-0.25, -0.2) is 4.98 Å². The number of nitrogens with zero attached hydrogens (tertiary/aromatic N) is 3. The lowest BCUT2D eigenvalue weighted by atomic mass is 10.1. The van der Waals surface area contributed by atoms with Gasteiger partial charge in [0.1, 0.15) is 10.8 Å². The number of thioether (sulfide) groups is 1. The van der Waals surface area contributed by atoms with Crippen LogP contribution in [0.1, 0.15) is 47.1 Å². The van der Waals surface area contributed by atoms with Gasteiger partial charge in [-0.3, -0.25) is 4.79 Å². The Hall–Kier alpha value is -1.86. The first-order valence-corrected chi connectivity index (χ1v) is 9.99. The minimum absolute atomic E-state index is 0.0503.